The number of benzene rings is 4. The van der Waals surface area contributed by atoms with E-state index in [-0.39, 0.29) is 31.2 Å². The zero-order valence-corrected chi connectivity index (χ0v) is 27.3. The highest BCUT2D eigenvalue weighted by Gasteiger charge is 2.54. The molecule has 49 heavy (non-hydrogen) atoms. The Bertz CT molecular complexity index is 1840. The number of carbonyl (C=O) groups is 1. The van der Waals surface area contributed by atoms with Crippen molar-refractivity contribution >= 4 is 33.4 Å². The summed E-state index contributed by atoms with van der Waals surface area (Å²) in [6, 6.07) is 26.3. The zero-order chi connectivity index (χ0) is 34.9. The summed E-state index contributed by atoms with van der Waals surface area (Å²) in [7, 11) is 0. The third-order valence-corrected chi connectivity index (χ3v) is 8.20. The van der Waals surface area contributed by atoms with Gasteiger partial charge in [-0.05, 0) is 59.1 Å². The number of azide groups is 1. The number of ether oxygens (including phenoxy) is 3. The first-order valence-corrected chi connectivity index (χ1v) is 15.8. The molecule has 4 aromatic carbocycles. The summed E-state index contributed by atoms with van der Waals surface area (Å²) in [5.41, 5.74) is 15.8. The minimum absolute atomic E-state index is 0.00414. The van der Waals surface area contributed by atoms with Crippen LogP contribution in [0.15, 0.2) is 112 Å². The van der Waals surface area contributed by atoms with Crippen molar-refractivity contribution in [2.75, 3.05) is 13.2 Å². The fourth-order valence-electron chi connectivity index (χ4n) is 5.19. The van der Waals surface area contributed by atoms with E-state index in [1.165, 1.54) is 24.3 Å². The number of aliphatic imine (C=N–C) groups is 1. The van der Waals surface area contributed by atoms with Crippen LogP contribution in [0.4, 0.5) is 18.9 Å². The van der Waals surface area contributed by atoms with Gasteiger partial charge in [0.05, 0.1) is 6.61 Å². The average molecular weight is 740 g/mol. The van der Waals surface area contributed by atoms with Gasteiger partial charge in [-0.3, -0.25) is 10.2 Å². The minimum atomic E-state index is -4.82. The fourth-order valence-corrected chi connectivity index (χ4v) is 5.68. The smallest absolute Gasteiger partial charge is 0.494 e. The maximum atomic E-state index is 14.4. The van der Waals surface area contributed by atoms with Gasteiger partial charge in [-0.2, -0.15) is 0 Å². The number of halogens is 4. The van der Waals surface area contributed by atoms with Crippen LogP contribution in [0.2, 0.25) is 0 Å². The van der Waals surface area contributed by atoms with E-state index in [9.17, 15) is 23.5 Å². The number of nitrogens with one attached hydrogen (secondary N) is 2. The molecule has 15 heteroatoms. The molecule has 0 aromatic heterocycles. The highest BCUT2D eigenvalue weighted by atomic mass is 79.9. The molecule has 0 bridgehead atoms. The van der Waals surface area contributed by atoms with Gasteiger partial charge in [-0.15, -0.1) is 13.2 Å². The number of aliphatic hydroxyl groups excluding tert-OH is 1. The van der Waals surface area contributed by atoms with Crippen molar-refractivity contribution in [2.24, 2.45) is 10.1 Å². The van der Waals surface area contributed by atoms with E-state index in [0.29, 0.717) is 51.2 Å². The van der Waals surface area contributed by atoms with Crippen LogP contribution in [0.3, 0.4) is 0 Å². The van der Waals surface area contributed by atoms with Crippen molar-refractivity contribution in [3.05, 3.63) is 134 Å². The number of carbonyl (C=O) groups excluding carboxylic acids is 1. The lowest BCUT2D eigenvalue weighted by molar-refractivity contribution is -0.274. The first-order chi connectivity index (χ1) is 23.6. The topological polar surface area (TPSA) is 150 Å². The maximum Gasteiger partial charge on any atom is 0.573 e. The Labute approximate surface area is 287 Å². The number of rotatable bonds is 14. The summed E-state index contributed by atoms with van der Waals surface area (Å²) in [6.07, 6.45) is -5.36. The number of amides is 1. The Morgan fingerprint density at radius 2 is 1.71 bits per heavy atom. The van der Waals surface area contributed by atoms with E-state index < -0.39 is 23.9 Å². The number of aliphatic hydroxyl groups is 1. The molecule has 1 aliphatic heterocycles. The van der Waals surface area contributed by atoms with Gasteiger partial charge in [0.1, 0.15) is 11.5 Å². The molecule has 1 amide bonds. The van der Waals surface area contributed by atoms with Crippen LogP contribution in [0.5, 0.6) is 11.5 Å². The lowest BCUT2D eigenvalue weighted by Crippen LogP contribution is -2.53. The molecule has 0 spiro atoms. The summed E-state index contributed by atoms with van der Waals surface area (Å²) < 4.78 is 54.6. The number of alkyl halides is 3. The monoisotopic (exact) mass is 738 g/mol. The van der Waals surface area contributed by atoms with Gasteiger partial charge >= 0.3 is 6.36 Å². The molecule has 0 fully saturated rings. The summed E-state index contributed by atoms with van der Waals surface area (Å²) in [6.45, 7) is 0.395. The minimum Gasteiger partial charge on any atom is -0.494 e. The molecule has 1 heterocycles. The lowest BCUT2D eigenvalue weighted by Gasteiger charge is -2.31. The molecule has 4 aromatic rings. The van der Waals surface area contributed by atoms with Gasteiger partial charge in [-0.1, -0.05) is 75.6 Å². The lowest BCUT2D eigenvalue weighted by atomic mass is 9.81. The van der Waals surface area contributed by atoms with Crippen LogP contribution in [-0.2, 0) is 22.5 Å². The van der Waals surface area contributed by atoms with Gasteiger partial charge in [0, 0.05) is 52.2 Å². The number of hydrogen-bond donors (Lipinski definition) is 3. The second-order valence-electron chi connectivity index (χ2n) is 10.8. The standard InChI is InChI=1S/C34H30BrF3N6O5/c35-28-8-3-2-7-27(28)30-33(20-24-6-1-4-9-29(24)42-44-39,41-31(48-30)23-12-16-25(17-13-23)47-19-5-18-45)32(46)43-40-21-22-10-14-26(15-11-22)49-34(36,37)38/h1-4,6-17,30,40,45H,5,18-21H2,(H,43,46)/t30-,33-/m0/s1. The summed E-state index contributed by atoms with van der Waals surface area (Å²) in [5.74, 6) is -0.198. The van der Waals surface area contributed by atoms with E-state index in [1.54, 1.807) is 54.6 Å². The van der Waals surface area contributed by atoms with Crippen molar-refractivity contribution < 1.29 is 37.3 Å². The number of nitrogens with zero attached hydrogens (tertiary/aromatic N) is 4. The Morgan fingerprint density at radius 1 is 1.02 bits per heavy atom. The summed E-state index contributed by atoms with van der Waals surface area (Å²) in [5, 5.41) is 12.9. The maximum absolute atomic E-state index is 14.4. The summed E-state index contributed by atoms with van der Waals surface area (Å²) in [4.78, 5) is 22.3. The molecular weight excluding hydrogens is 709 g/mol. The SMILES string of the molecule is [N-]=[N+]=Nc1ccccc1C[C@]1(C(=O)NNCc2ccc(OC(F)(F)F)cc2)N=C(c2ccc(OCCCO)cc2)O[C@H]1c1ccccc1Br. The molecule has 0 radical (unpaired) electrons. The molecule has 254 valence electrons. The highest BCUT2D eigenvalue weighted by Crippen LogP contribution is 2.45. The van der Waals surface area contributed by atoms with Gasteiger partial charge in [0.25, 0.3) is 5.91 Å². The van der Waals surface area contributed by atoms with E-state index in [0.717, 1.165) is 0 Å². The van der Waals surface area contributed by atoms with Crippen molar-refractivity contribution in [2.45, 2.75) is 37.4 Å². The Balaban J connectivity index is 1.51. The molecule has 11 nitrogen and oxygen atoms in total. The van der Waals surface area contributed by atoms with E-state index >= 15 is 0 Å². The van der Waals surface area contributed by atoms with E-state index in [2.05, 4.69) is 41.5 Å². The molecular formula is C34H30BrF3N6O5. The van der Waals surface area contributed by atoms with Crippen molar-refractivity contribution in [1.82, 2.24) is 10.9 Å². The highest BCUT2D eigenvalue weighted by molar-refractivity contribution is 9.10. The second kappa shape index (κ2) is 15.9. The van der Waals surface area contributed by atoms with Gasteiger partial charge in [0.15, 0.2) is 11.6 Å². The first-order valence-electron chi connectivity index (χ1n) is 15.0. The summed E-state index contributed by atoms with van der Waals surface area (Å²) >= 11 is 3.59. The van der Waals surface area contributed by atoms with E-state index in [4.69, 9.17) is 19.6 Å². The third kappa shape index (κ3) is 8.89. The molecule has 2 atom stereocenters. The fraction of sp³-hybridized carbons (Fsp3) is 0.235. The molecule has 5 rings (SSSR count). The number of hydrazine groups is 1. The van der Waals surface area contributed by atoms with E-state index in [1.807, 2.05) is 18.2 Å². The normalized spacial score (nSPS) is 17.0. The predicted octanol–water partition coefficient (Wildman–Crippen LogP) is 7.37. The Kier molecular flexibility index (Phi) is 11.4. The van der Waals surface area contributed by atoms with Crippen molar-refractivity contribution in [1.29, 1.82) is 0 Å². The van der Waals surface area contributed by atoms with Crippen LogP contribution < -0.4 is 20.3 Å². The molecule has 1 aliphatic rings. The quantitative estimate of drug-likeness (QED) is 0.0404. The molecule has 0 unspecified atom stereocenters. The van der Waals surface area contributed by atoms with Crippen LogP contribution >= 0.6 is 15.9 Å². The second-order valence-corrected chi connectivity index (χ2v) is 11.7. The third-order valence-electron chi connectivity index (χ3n) is 7.47. The van der Waals surface area contributed by atoms with Crippen LogP contribution in [0, 0.1) is 0 Å². The predicted molar refractivity (Wildman–Crippen MR) is 178 cm³/mol. The van der Waals surface area contributed by atoms with Crippen LogP contribution in [0.1, 0.15) is 34.8 Å². The van der Waals surface area contributed by atoms with Crippen molar-refractivity contribution in [3.8, 4) is 11.5 Å². The van der Waals surface area contributed by atoms with Crippen molar-refractivity contribution in [3.63, 3.8) is 0 Å². The van der Waals surface area contributed by atoms with Crippen LogP contribution in [0.25, 0.3) is 10.4 Å². The molecule has 3 N–H and O–H groups in total. The van der Waals surface area contributed by atoms with Gasteiger partial charge in [0.2, 0.25) is 5.90 Å². The molecule has 0 saturated carbocycles. The first kappa shape index (κ1) is 35.2. The van der Waals surface area contributed by atoms with Crippen LogP contribution in [-0.4, -0.2) is 42.0 Å². The molecule has 0 saturated heterocycles. The largest absolute Gasteiger partial charge is 0.573 e. The Morgan fingerprint density at radius 3 is 2.41 bits per heavy atom. The molecule has 0 aliphatic carbocycles. The zero-order valence-electron chi connectivity index (χ0n) is 25.7. The Hall–Kier alpha value is -5.08. The van der Waals surface area contributed by atoms with Gasteiger partial charge in [-0.25, -0.2) is 10.4 Å². The average Bonchev–Trinajstić information content (AvgIpc) is 3.46. The number of hydrogen-bond acceptors (Lipinski definition) is 8. The van der Waals surface area contributed by atoms with Gasteiger partial charge < -0.3 is 19.3 Å².